The quantitative estimate of drug-likeness (QED) is 0.533. The Morgan fingerprint density at radius 1 is 1.47 bits per heavy atom. The van der Waals surface area contributed by atoms with Gasteiger partial charge in [-0.3, -0.25) is 4.79 Å². The lowest BCUT2D eigenvalue weighted by molar-refractivity contribution is 0.0310. The highest BCUT2D eigenvalue weighted by Crippen LogP contribution is 2.23. The molecule has 2 N–H and O–H groups in total. The number of hydrogen-bond donors (Lipinski definition) is 3. The van der Waals surface area contributed by atoms with Crippen LogP contribution in [0.2, 0.25) is 0 Å². The van der Waals surface area contributed by atoms with Gasteiger partial charge in [-0.05, 0) is 6.07 Å². The van der Waals surface area contributed by atoms with Crippen LogP contribution in [0.15, 0.2) is 18.2 Å². The second-order valence-electron chi connectivity index (χ2n) is 3.06. The SMILES string of the molecule is O=Cc1cccc(F)c1C(O)C(O)CS. The van der Waals surface area contributed by atoms with Crippen molar-refractivity contribution >= 4 is 18.9 Å². The summed E-state index contributed by atoms with van der Waals surface area (Å²) in [5.41, 5.74) is -0.155. The Morgan fingerprint density at radius 3 is 2.67 bits per heavy atom. The minimum Gasteiger partial charge on any atom is -0.389 e. The molecule has 0 aliphatic carbocycles. The lowest BCUT2D eigenvalue weighted by atomic mass is 9.99. The van der Waals surface area contributed by atoms with Gasteiger partial charge in [-0.15, -0.1) is 0 Å². The number of aliphatic hydroxyl groups excluding tert-OH is 2. The number of rotatable bonds is 4. The van der Waals surface area contributed by atoms with Gasteiger partial charge < -0.3 is 10.2 Å². The minimum atomic E-state index is -1.44. The molecule has 82 valence electrons. The van der Waals surface area contributed by atoms with E-state index in [1.54, 1.807) is 0 Å². The monoisotopic (exact) mass is 230 g/mol. The van der Waals surface area contributed by atoms with Crippen molar-refractivity contribution in [3.63, 3.8) is 0 Å². The first-order valence-corrected chi connectivity index (χ1v) is 4.95. The highest BCUT2D eigenvalue weighted by atomic mass is 32.1. The number of hydrogen-bond acceptors (Lipinski definition) is 4. The van der Waals surface area contributed by atoms with Gasteiger partial charge in [0.25, 0.3) is 0 Å². The molecule has 2 unspecified atom stereocenters. The molecule has 0 fully saturated rings. The largest absolute Gasteiger partial charge is 0.389 e. The fraction of sp³-hybridized carbons (Fsp3) is 0.300. The number of carbonyl (C=O) groups is 1. The van der Waals surface area contributed by atoms with Crippen molar-refractivity contribution in [1.82, 2.24) is 0 Å². The Kier molecular flexibility index (Phi) is 4.26. The third-order valence-corrected chi connectivity index (χ3v) is 2.44. The highest BCUT2D eigenvalue weighted by Gasteiger charge is 2.23. The van der Waals surface area contributed by atoms with Crippen molar-refractivity contribution in [3.8, 4) is 0 Å². The summed E-state index contributed by atoms with van der Waals surface area (Å²) in [6.07, 6.45) is -2.21. The second-order valence-corrected chi connectivity index (χ2v) is 3.42. The van der Waals surface area contributed by atoms with Gasteiger partial charge in [0.2, 0.25) is 0 Å². The standard InChI is InChI=1S/C10H11FO3S/c11-7-3-1-2-6(4-12)9(7)10(14)8(13)5-15/h1-4,8,10,13-15H,5H2. The van der Waals surface area contributed by atoms with Gasteiger partial charge in [0.15, 0.2) is 6.29 Å². The summed E-state index contributed by atoms with van der Waals surface area (Å²) in [7, 11) is 0. The summed E-state index contributed by atoms with van der Waals surface area (Å²) in [4.78, 5) is 10.6. The first kappa shape index (κ1) is 12.2. The third kappa shape index (κ3) is 2.56. The van der Waals surface area contributed by atoms with E-state index >= 15 is 0 Å². The number of aldehydes is 1. The van der Waals surface area contributed by atoms with Gasteiger partial charge in [-0.1, -0.05) is 12.1 Å². The lowest BCUT2D eigenvalue weighted by Gasteiger charge is -2.18. The van der Waals surface area contributed by atoms with Crippen LogP contribution in [0.3, 0.4) is 0 Å². The fourth-order valence-corrected chi connectivity index (χ4v) is 1.46. The first-order chi connectivity index (χ1) is 7.11. The molecule has 0 spiro atoms. The Labute approximate surface area is 92.0 Å². The van der Waals surface area contributed by atoms with E-state index in [1.165, 1.54) is 12.1 Å². The predicted molar refractivity (Wildman–Crippen MR) is 56.6 cm³/mol. The van der Waals surface area contributed by atoms with Crippen LogP contribution in [-0.4, -0.2) is 28.4 Å². The topological polar surface area (TPSA) is 57.5 Å². The van der Waals surface area contributed by atoms with Gasteiger partial charge in [0.05, 0.1) is 6.10 Å². The molecule has 1 aromatic rings. The Bertz CT molecular complexity index is 357. The first-order valence-electron chi connectivity index (χ1n) is 4.32. The Hall–Kier alpha value is -0.910. The predicted octanol–water partition coefficient (Wildman–Crippen LogP) is 0.962. The normalized spacial score (nSPS) is 14.7. The molecule has 0 saturated carbocycles. The molecule has 0 saturated heterocycles. The van der Waals surface area contributed by atoms with Crippen LogP contribution < -0.4 is 0 Å². The van der Waals surface area contributed by atoms with Crippen LogP contribution in [0, 0.1) is 5.82 Å². The molecule has 1 aromatic carbocycles. The van der Waals surface area contributed by atoms with Crippen LogP contribution in [0.1, 0.15) is 22.0 Å². The van der Waals surface area contributed by atoms with Crippen molar-refractivity contribution < 1.29 is 19.4 Å². The summed E-state index contributed by atoms with van der Waals surface area (Å²) in [5, 5.41) is 18.9. The molecular formula is C10H11FO3S. The van der Waals surface area contributed by atoms with Crippen molar-refractivity contribution in [2.45, 2.75) is 12.2 Å². The smallest absolute Gasteiger partial charge is 0.150 e. The molecule has 1 rings (SSSR count). The summed E-state index contributed by atoms with van der Waals surface area (Å²) >= 11 is 3.78. The van der Waals surface area contributed by atoms with Crippen LogP contribution in [0.4, 0.5) is 4.39 Å². The molecule has 15 heavy (non-hydrogen) atoms. The van der Waals surface area contributed by atoms with E-state index in [-0.39, 0.29) is 16.9 Å². The zero-order valence-corrected chi connectivity index (χ0v) is 8.69. The minimum absolute atomic E-state index is 0.0200. The van der Waals surface area contributed by atoms with Crippen molar-refractivity contribution in [1.29, 1.82) is 0 Å². The molecular weight excluding hydrogens is 219 g/mol. The number of aliphatic hydroxyl groups is 2. The van der Waals surface area contributed by atoms with E-state index < -0.39 is 18.0 Å². The third-order valence-electron chi connectivity index (χ3n) is 2.06. The molecule has 0 aliphatic rings. The fourth-order valence-electron chi connectivity index (χ4n) is 1.26. The second kappa shape index (κ2) is 5.25. The van der Waals surface area contributed by atoms with E-state index in [2.05, 4.69) is 12.6 Å². The van der Waals surface area contributed by atoms with Crippen LogP contribution in [0.25, 0.3) is 0 Å². The number of halogens is 1. The molecule has 0 aromatic heterocycles. The lowest BCUT2D eigenvalue weighted by Crippen LogP contribution is -2.22. The van der Waals surface area contributed by atoms with E-state index in [0.717, 1.165) is 6.07 Å². The molecule has 0 heterocycles. The van der Waals surface area contributed by atoms with Crippen LogP contribution >= 0.6 is 12.6 Å². The maximum atomic E-state index is 13.3. The van der Waals surface area contributed by atoms with Gasteiger partial charge in [-0.25, -0.2) is 4.39 Å². The molecule has 3 nitrogen and oxygen atoms in total. The van der Waals surface area contributed by atoms with Crippen LogP contribution in [0.5, 0.6) is 0 Å². The van der Waals surface area contributed by atoms with E-state index in [0.29, 0.717) is 6.29 Å². The zero-order chi connectivity index (χ0) is 11.4. The summed E-state index contributed by atoms with van der Waals surface area (Å²) in [6.45, 7) is 0. The molecule has 2 atom stereocenters. The van der Waals surface area contributed by atoms with Gasteiger partial charge >= 0.3 is 0 Å². The Morgan fingerprint density at radius 2 is 2.13 bits per heavy atom. The van der Waals surface area contributed by atoms with Gasteiger partial charge in [-0.2, -0.15) is 12.6 Å². The molecule has 0 aliphatic heterocycles. The highest BCUT2D eigenvalue weighted by molar-refractivity contribution is 7.80. The summed E-state index contributed by atoms with van der Waals surface area (Å²) in [5.74, 6) is -0.735. The number of thiol groups is 1. The van der Waals surface area contributed by atoms with Crippen LogP contribution in [-0.2, 0) is 0 Å². The molecule has 0 radical (unpaired) electrons. The zero-order valence-electron chi connectivity index (χ0n) is 7.80. The van der Waals surface area contributed by atoms with Crippen molar-refractivity contribution in [2.24, 2.45) is 0 Å². The van der Waals surface area contributed by atoms with E-state index in [9.17, 15) is 19.4 Å². The number of benzene rings is 1. The van der Waals surface area contributed by atoms with E-state index in [4.69, 9.17) is 0 Å². The number of carbonyl (C=O) groups excluding carboxylic acids is 1. The Balaban J connectivity index is 3.16. The van der Waals surface area contributed by atoms with Gasteiger partial charge in [0.1, 0.15) is 11.9 Å². The maximum absolute atomic E-state index is 13.3. The maximum Gasteiger partial charge on any atom is 0.150 e. The van der Waals surface area contributed by atoms with Gasteiger partial charge in [0, 0.05) is 16.9 Å². The molecule has 0 amide bonds. The summed E-state index contributed by atoms with van der Waals surface area (Å²) in [6, 6.07) is 3.86. The average Bonchev–Trinajstić information content (AvgIpc) is 2.26. The van der Waals surface area contributed by atoms with E-state index in [1.807, 2.05) is 0 Å². The van der Waals surface area contributed by atoms with Crippen molar-refractivity contribution in [2.75, 3.05) is 5.75 Å². The molecule has 0 bridgehead atoms. The average molecular weight is 230 g/mol. The van der Waals surface area contributed by atoms with Crippen molar-refractivity contribution in [3.05, 3.63) is 35.1 Å². The molecule has 5 heteroatoms. The summed E-state index contributed by atoms with van der Waals surface area (Å²) < 4.78 is 13.3.